The minimum atomic E-state index is -0.0588. The van der Waals surface area contributed by atoms with Crippen LogP contribution in [0, 0.1) is 5.92 Å². The molecule has 0 spiro atoms. The molecule has 4 heteroatoms. The second-order valence-corrected chi connectivity index (χ2v) is 5.80. The summed E-state index contributed by atoms with van der Waals surface area (Å²) in [5.41, 5.74) is 1.75. The number of rotatable bonds is 7. The van der Waals surface area contributed by atoms with Crippen molar-refractivity contribution in [2.45, 2.75) is 13.5 Å². The molecule has 0 heterocycles. The van der Waals surface area contributed by atoms with Crippen molar-refractivity contribution in [1.82, 2.24) is 4.90 Å². The predicted molar refractivity (Wildman–Crippen MR) is 96.5 cm³/mol. The van der Waals surface area contributed by atoms with Crippen molar-refractivity contribution in [2.75, 3.05) is 20.6 Å². The summed E-state index contributed by atoms with van der Waals surface area (Å²) in [6, 6.07) is 17.4. The van der Waals surface area contributed by atoms with Gasteiger partial charge in [-0.15, -0.1) is 12.4 Å². The molecule has 124 valence electrons. The largest absolute Gasteiger partial charge is 0.488 e. The zero-order valence-corrected chi connectivity index (χ0v) is 14.7. The molecule has 0 bridgehead atoms. The lowest BCUT2D eigenvalue weighted by atomic mass is 9.98. The van der Waals surface area contributed by atoms with Crippen LogP contribution < -0.4 is 4.74 Å². The van der Waals surface area contributed by atoms with Crippen molar-refractivity contribution in [1.29, 1.82) is 0 Å². The first-order valence-corrected chi connectivity index (χ1v) is 7.52. The average molecular weight is 334 g/mol. The highest BCUT2D eigenvalue weighted by atomic mass is 35.5. The summed E-state index contributed by atoms with van der Waals surface area (Å²) in [4.78, 5) is 14.6. The fourth-order valence-corrected chi connectivity index (χ4v) is 2.43. The number of Topliss-reactive ketones (excluding diaryl/α,β-unsaturated/α-hetero) is 1. The van der Waals surface area contributed by atoms with Crippen LogP contribution >= 0.6 is 12.4 Å². The third-order valence-corrected chi connectivity index (χ3v) is 3.48. The number of hydrogen-bond donors (Lipinski definition) is 0. The molecule has 1 unspecified atom stereocenters. The second-order valence-electron chi connectivity index (χ2n) is 5.80. The van der Waals surface area contributed by atoms with Gasteiger partial charge in [0.1, 0.15) is 12.4 Å². The molecular formula is C19H24ClNO2. The fraction of sp³-hybridized carbons (Fsp3) is 0.316. The Morgan fingerprint density at radius 1 is 1.04 bits per heavy atom. The summed E-state index contributed by atoms with van der Waals surface area (Å²) < 4.78 is 5.87. The van der Waals surface area contributed by atoms with Crippen LogP contribution in [0.3, 0.4) is 0 Å². The van der Waals surface area contributed by atoms with Crippen LogP contribution in [-0.2, 0) is 6.61 Å². The van der Waals surface area contributed by atoms with Gasteiger partial charge >= 0.3 is 0 Å². The van der Waals surface area contributed by atoms with E-state index in [0.29, 0.717) is 17.9 Å². The van der Waals surface area contributed by atoms with E-state index in [-0.39, 0.29) is 24.1 Å². The molecule has 0 amide bonds. The van der Waals surface area contributed by atoms with Crippen molar-refractivity contribution in [3.05, 3.63) is 65.7 Å². The van der Waals surface area contributed by atoms with Crippen molar-refractivity contribution < 1.29 is 9.53 Å². The molecule has 1 atom stereocenters. The van der Waals surface area contributed by atoms with Crippen LogP contribution in [0.4, 0.5) is 0 Å². The van der Waals surface area contributed by atoms with E-state index in [2.05, 4.69) is 0 Å². The van der Waals surface area contributed by atoms with E-state index in [1.165, 1.54) is 0 Å². The van der Waals surface area contributed by atoms with Gasteiger partial charge < -0.3 is 9.64 Å². The minimum absolute atomic E-state index is 0. The van der Waals surface area contributed by atoms with Gasteiger partial charge in [0.25, 0.3) is 0 Å². The Labute approximate surface area is 144 Å². The van der Waals surface area contributed by atoms with E-state index in [9.17, 15) is 4.79 Å². The summed E-state index contributed by atoms with van der Waals surface area (Å²) in [5, 5.41) is 0. The van der Waals surface area contributed by atoms with Crippen LogP contribution in [0.1, 0.15) is 22.8 Å². The molecule has 0 fully saturated rings. The summed E-state index contributed by atoms with van der Waals surface area (Å²) >= 11 is 0. The summed E-state index contributed by atoms with van der Waals surface area (Å²) in [6.45, 7) is 3.15. The first kappa shape index (κ1) is 19.2. The Hall–Kier alpha value is -1.84. The van der Waals surface area contributed by atoms with Crippen molar-refractivity contribution >= 4 is 18.2 Å². The Morgan fingerprint density at radius 2 is 1.65 bits per heavy atom. The van der Waals surface area contributed by atoms with Gasteiger partial charge in [-0.2, -0.15) is 0 Å². The quantitative estimate of drug-likeness (QED) is 0.715. The molecule has 0 aliphatic carbocycles. The number of carbonyl (C=O) groups is 1. The van der Waals surface area contributed by atoms with Crippen LogP contribution in [0.25, 0.3) is 0 Å². The highest BCUT2D eigenvalue weighted by Gasteiger charge is 2.19. The number of ether oxygens (including phenoxy) is 1. The monoisotopic (exact) mass is 333 g/mol. The molecule has 2 rings (SSSR count). The van der Waals surface area contributed by atoms with E-state index < -0.39 is 0 Å². The molecule has 0 radical (unpaired) electrons. The van der Waals surface area contributed by atoms with Gasteiger partial charge in [-0.05, 0) is 31.8 Å². The SMILES string of the molecule is CC(CN(C)C)C(=O)c1ccccc1OCc1ccccc1.Cl. The van der Waals surface area contributed by atoms with E-state index in [0.717, 1.165) is 12.1 Å². The standard InChI is InChI=1S/C19H23NO2.ClH/c1-15(13-20(2)3)19(21)17-11-7-8-12-18(17)22-14-16-9-5-4-6-10-16;/h4-12,15H,13-14H2,1-3H3;1H. The lowest BCUT2D eigenvalue weighted by Gasteiger charge is -2.17. The maximum atomic E-state index is 12.6. The van der Waals surface area contributed by atoms with Gasteiger partial charge in [0.05, 0.1) is 5.56 Å². The number of halogens is 1. The Balaban J connectivity index is 0.00000264. The Kier molecular flexibility index (Phi) is 7.79. The first-order chi connectivity index (χ1) is 10.6. The molecule has 23 heavy (non-hydrogen) atoms. The molecular weight excluding hydrogens is 310 g/mol. The van der Waals surface area contributed by atoms with E-state index in [1.807, 2.05) is 80.5 Å². The van der Waals surface area contributed by atoms with Crippen molar-refractivity contribution in [2.24, 2.45) is 5.92 Å². The fourth-order valence-electron chi connectivity index (χ4n) is 2.43. The van der Waals surface area contributed by atoms with Gasteiger partial charge in [0.15, 0.2) is 5.78 Å². The number of ketones is 1. The Bertz CT molecular complexity index is 614. The average Bonchev–Trinajstić information content (AvgIpc) is 2.53. The zero-order chi connectivity index (χ0) is 15.9. The number of nitrogens with zero attached hydrogens (tertiary/aromatic N) is 1. The lowest BCUT2D eigenvalue weighted by molar-refractivity contribution is 0.0905. The van der Waals surface area contributed by atoms with Gasteiger partial charge in [-0.3, -0.25) is 4.79 Å². The smallest absolute Gasteiger partial charge is 0.170 e. The molecule has 0 aliphatic heterocycles. The van der Waals surface area contributed by atoms with Crippen LogP contribution in [0.15, 0.2) is 54.6 Å². The van der Waals surface area contributed by atoms with Crippen LogP contribution in [0.2, 0.25) is 0 Å². The molecule has 0 N–H and O–H groups in total. The summed E-state index contributed by atoms with van der Waals surface area (Å²) in [5.74, 6) is 0.718. The highest BCUT2D eigenvalue weighted by molar-refractivity contribution is 6.00. The van der Waals surface area contributed by atoms with Gasteiger partial charge in [0, 0.05) is 12.5 Å². The Morgan fingerprint density at radius 3 is 2.30 bits per heavy atom. The van der Waals surface area contributed by atoms with Crippen LogP contribution in [-0.4, -0.2) is 31.3 Å². The van der Waals surface area contributed by atoms with E-state index in [4.69, 9.17) is 4.74 Å². The molecule has 0 saturated carbocycles. The highest BCUT2D eigenvalue weighted by Crippen LogP contribution is 2.22. The number of hydrogen-bond acceptors (Lipinski definition) is 3. The maximum absolute atomic E-state index is 12.6. The van der Waals surface area contributed by atoms with Gasteiger partial charge in [-0.1, -0.05) is 49.4 Å². The zero-order valence-electron chi connectivity index (χ0n) is 13.9. The minimum Gasteiger partial charge on any atom is -0.488 e. The molecule has 2 aromatic rings. The maximum Gasteiger partial charge on any atom is 0.170 e. The number of carbonyl (C=O) groups excluding carboxylic acids is 1. The second kappa shape index (κ2) is 9.33. The molecule has 0 aliphatic rings. The van der Waals surface area contributed by atoms with Crippen LogP contribution in [0.5, 0.6) is 5.75 Å². The molecule has 0 aromatic heterocycles. The first-order valence-electron chi connectivity index (χ1n) is 7.52. The molecule has 3 nitrogen and oxygen atoms in total. The topological polar surface area (TPSA) is 29.5 Å². The van der Waals surface area contributed by atoms with Gasteiger partial charge in [0.2, 0.25) is 0 Å². The summed E-state index contributed by atoms with van der Waals surface area (Å²) in [6.07, 6.45) is 0. The molecule has 0 saturated heterocycles. The third-order valence-electron chi connectivity index (χ3n) is 3.48. The van der Waals surface area contributed by atoms with E-state index >= 15 is 0 Å². The lowest BCUT2D eigenvalue weighted by Crippen LogP contribution is -2.26. The number of benzene rings is 2. The third kappa shape index (κ3) is 5.70. The van der Waals surface area contributed by atoms with E-state index in [1.54, 1.807) is 0 Å². The predicted octanol–water partition coefficient (Wildman–Crippen LogP) is 4.07. The normalized spacial score (nSPS) is 11.7. The van der Waals surface area contributed by atoms with Gasteiger partial charge in [-0.25, -0.2) is 0 Å². The summed E-state index contributed by atoms with van der Waals surface area (Å²) in [7, 11) is 3.95. The van der Waals surface area contributed by atoms with Crippen molar-refractivity contribution in [3.63, 3.8) is 0 Å². The molecule has 2 aromatic carbocycles. The number of para-hydroxylation sites is 1. The van der Waals surface area contributed by atoms with Crippen molar-refractivity contribution in [3.8, 4) is 5.75 Å².